The molecule has 2 aromatic carbocycles. The van der Waals surface area contributed by atoms with Gasteiger partial charge in [-0.15, -0.1) is 0 Å². The van der Waals surface area contributed by atoms with E-state index in [4.69, 9.17) is 0 Å². The summed E-state index contributed by atoms with van der Waals surface area (Å²) in [5.74, 6) is -1.27. The number of hydrogen-bond acceptors (Lipinski definition) is 3. The van der Waals surface area contributed by atoms with Gasteiger partial charge in [-0.3, -0.25) is 9.59 Å². The Labute approximate surface area is 156 Å². The first kappa shape index (κ1) is 18.6. The van der Waals surface area contributed by atoms with Gasteiger partial charge in [-0.2, -0.15) is 0 Å². The van der Waals surface area contributed by atoms with Gasteiger partial charge in [0, 0.05) is 11.7 Å². The van der Waals surface area contributed by atoms with E-state index in [9.17, 15) is 18.8 Å². The minimum absolute atomic E-state index is 0.177. The predicted molar refractivity (Wildman–Crippen MR) is 99.7 cm³/mol. The predicted octanol–water partition coefficient (Wildman–Crippen LogP) is 3.40. The Morgan fingerprint density at radius 1 is 1.07 bits per heavy atom. The van der Waals surface area contributed by atoms with Gasteiger partial charge in [-0.25, -0.2) is 14.1 Å². The van der Waals surface area contributed by atoms with E-state index in [-0.39, 0.29) is 12.5 Å². The molecule has 1 fully saturated rings. The Kier molecular flexibility index (Phi) is 5.21. The van der Waals surface area contributed by atoms with Crippen molar-refractivity contribution in [1.82, 2.24) is 4.90 Å². The van der Waals surface area contributed by atoms with Crippen LogP contribution in [-0.2, 0) is 9.59 Å². The monoisotopic (exact) mass is 369 g/mol. The topological polar surface area (TPSA) is 69.7 Å². The number of nitrogens with zero attached hydrogens (tertiary/aromatic N) is 2. The summed E-state index contributed by atoms with van der Waals surface area (Å²) in [5, 5.41) is 2.63. The van der Waals surface area contributed by atoms with Crippen molar-refractivity contribution in [2.24, 2.45) is 0 Å². The Morgan fingerprint density at radius 3 is 2.30 bits per heavy atom. The van der Waals surface area contributed by atoms with E-state index in [0.29, 0.717) is 11.4 Å². The normalized spacial score (nSPS) is 17.0. The molecule has 3 rings (SSSR count). The maximum atomic E-state index is 13.0. The summed E-state index contributed by atoms with van der Waals surface area (Å²) in [6.07, 6.45) is -0.177. The first-order valence-electron chi connectivity index (χ1n) is 8.65. The number of urea groups is 1. The summed E-state index contributed by atoms with van der Waals surface area (Å²) in [4.78, 5) is 40.6. The molecule has 0 aromatic heterocycles. The van der Waals surface area contributed by atoms with Gasteiger partial charge in [0.15, 0.2) is 0 Å². The maximum absolute atomic E-state index is 13.0. The van der Waals surface area contributed by atoms with Crippen LogP contribution in [0, 0.1) is 5.82 Å². The average molecular weight is 369 g/mol. The van der Waals surface area contributed by atoms with Crippen molar-refractivity contribution in [2.45, 2.75) is 32.4 Å². The molecule has 0 unspecified atom stereocenters. The number of benzene rings is 2. The molecule has 7 heteroatoms. The molecule has 0 bridgehead atoms. The third-order valence-electron chi connectivity index (χ3n) is 4.33. The lowest BCUT2D eigenvalue weighted by atomic mass is 10.1. The van der Waals surface area contributed by atoms with Crippen LogP contribution < -0.4 is 10.2 Å². The molecular weight excluding hydrogens is 349 g/mol. The zero-order valence-electron chi connectivity index (χ0n) is 15.1. The van der Waals surface area contributed by atoms with E-state index in [1.165, 1.54) is 29.2 Å². The van der Waals surface area contributed by atoms with Crippen LogP contribution in [0.2, 0.25) is 0 Å². The van der Waals surface area contributed by atoms with Crippen molar-refractivity contribution in [3.8, 4) is 0 Å². The number of anilines is 2. The highest BCUT2D eigenvalue weighted by Gasteiger charge is 2.47. The summed E-state index contributed by atoms with van der Waals surface area (Å²) >= 11 is 0. The van der Waals surface area contributed by atoms with Gasteiger partial charge in [0.2, 0.25) is 5.91 Å². The van der Waals surface area contributed by atoms with E-state index in [1.54, 1.807) is 44.2 Å². The van der Waals surface area contributed by atoms with Crippen molar-refractivity contribution < 1.29 is 18.8 Å². The molecule has 0 aliphatic carbocycles. The molecule has 1 N–H and O–H groups in total. The standard InChI is InChI=1S/C20H20FN3O3/c1-13(2)23-17(12-18(25)22-15-10-8-14(21)9-11-15)19(26)24(20(23)27)16-6-4-3-5-7-16/h3-11,13,17H,12H2,1-2H3,(H,22,25)/t17-/m0/s1. The van der Waals surface area contributed by atoms with Crippen molar-refractivity contribution in [2.75, 3.05) is 10.2 Å². The second kappa shape index (κ2) is 7.57. The largest absolute Gasteiger partial charge is 0.332 e. The molecule has 0 saturated carbocycles. The zero-order chi connectivity index (χ0) is 19.6. The highest BCUT2D eigenvalue weighted by atomic mass is 19.1. The first-order chi connectivity index (χ1) is 12.9. The van der Waals surface area contributed by atoms with Crippen molar-refractivity contribution in [3.63, 3.8) is 0 Å². The van der Waals surface area contributed by atoms with Crippen LogP contribution in [0.1, 0.15) is 20.3 Å². The quantitative estimate of drug-likeness (QED) is 0.821. The Balaban J connectivity index is 1.80. The SMILES string of the molecule is CC(C)N1C(=O)N(c2ccccc2)C(=O)[C@@H]1CC(=O)Nc1ccc(F)cc1. The Morgan fingerprint density at radius 2 is 1.70 bits per heavy atom. The van der Waals surface area contributed by atoms with Crippen LogP contribution in [-0.4, -0.2) is 34.8 Å². The number of carbonyl (C=O) groups excluding carboxylic acids is 3. The minimum Gasteiger partial charge on any atom is -0.326 e. The van der Waals surface area contributed by atoms with E-state index in [2.05, 4.69) is 5.32 Å². The third-order valence-corrected chi connectivity index (χ3v) is 4.33. The number of hydrogen-bond donors (Lipinski definition) is 1. The summed E-state index contributed by atoms with van der Waals surface area (Å²) in [5.41, 5.74) is 0.897. The van der Waals surface area contributed by atoms with Crippen LogP contribution >= 0.6 is 0 Å². The molecule has 1 aliphatic heterocycles. The lowest BCUT2D eigenvalue weighted by Gasteiger charge is -2.25. The molecule has 0 spiro atoms. The highest BCUT2D eigenvalue weighted by Crippen LogP contribution is 2.28. The summed E-state index contributed by atoms with van der Waals surface area (Å²) in [7, 11) is 0. The lowest BCUT2D eigenvalue weighted by Crippen LogP contribution is -2.42. The Hall–Kier alpha value is -3.22. The van der Waals surface area contributed by atoms with E-state index < -0.39 is 29.7 Å². The second-order valence-corrected chi connectivity index (χ2v) is 6.57. The molecule has 4 amide bonds. The van der Waals surface area contributed by atoms with E-state index in [1.807, 2.05) is 0 Å². The van der Waals surface area contributed by atoms with Gasteiger partial charge in [-0.05, 0) is 50.2 Å². The van der Waals surface area contributed by atoms with Crippen molar-refractivity contribution in [1.29, 1.82) is 0 Å². The van der Waals surface area contributed by atoms with Gasteiger partial charge >= 0.3 is 6.03 Å². The molecular formula is C20H20FN3O3. The Bertz CT molecular complexity index is 853. The van der Waals surface area contributed by atoms with Crippen LogP contribution in [0.3, 0.4) is 0 Å². The van der Waals surface area contributed by atoms with E-state index in [0.717, 1.165) is 4.90 Å². The number of rotatable bonds is 5. The molecule has 2 aromatic rings. The molecule has 140 valence electrons. The van der Waals surface area contributed by atoms with Gasteiger partial charge in [0.05, 0.1) is 12.1 Å². The summed E-state index contributed by atoms with van der Waals surface area (Å²) < 4.78 is 13.0. The first-order valence-corrected chi connectivity index (χ1v) is 8.65. The maximum Gasteiger partial charge on any atom is 0.332 e. The molecule has 27 heavy (non-hydrogen) atoms. The number of imide groups is 1. The number of halogens is 1. The number of carbonyl (C=O) groups is 3. The van der Waals surface area contributed by atoms with Gasteiger partial charge in [-0.1, -0.05) is 18.2 Å². The van der Waals surface area contributed by atoms with Gasteiger partial charge < -0.3 is 10.2 Å². The summed E-state index contributed by atoms with van der Waals surface area (Å²) in [6, 6.07) is 12.4. The molecule has 6 nitrogen and oxygen atoms in total. The van der Waals surface area contributed by atoms with Crippen LogP contribution in [0.25, 0.3) is 0 Å². The minimum atomic E-state index is -0.891. The lowest BCUT2D eigenvalue weighted by molar-refractivity contribution is -0.124. The molecule has 0 radical (unpaired) electrons. The van der Waals surface area contributed by atoms with Crippen LogP contribution in [0.15, 0.2) is 54.6 Å². The van der Waals surface area contributed by atoms with Crippen LogP contribution in [0.5, 0.6) is 0 Å². The second-order valence-electron chi connectivity index (χ2n) is 6.57. The van der Waals surface area contributed by atoms with Crippen molar-refractivity contribution in [3.05, 3.63) is 60.4 Å². The number of nitrogens with one attached hydrogen (secondary N) is 1. The third kappa shape index (κ3) is 3.81. The highest BCUT2D eigenvalue weighted by molar-refractivity contribution is 6.22. The fourth-order valence-corrected chi connectivity index (χ4v) is 3.11. The van der Waals surface area contributed by atoms with Crippen molar-refractivity contribution >= 4 is 29.2 Å². The molecule has 1 saturated heterocycles. The molecule has 1 atom stereocenters. The molecule has 1 aliphatic rings. The summed E-state index contributed by atoms with van der Waals surface area (Å²) in [6.45, 7) is 3.59. The fraction of sp³-hybridized carbons (Fsp3) is 0.250. The van der Waals surface area contributed by atoms with Crippen LogP contribution in [0.4, 0.5) is 20.6 Å². The zero-order valence-corrected chi connectivity index (χ0v) is 15.1. The fourth-order valence-electron chi connectivity index (χ4n) is 3.11. The average Bonchev–Trinajstić information content (AvgIpc) is 2.88. The van der Waals surface area contributed by atoms with E-state index >= 15 is 0 Å². The number of para-hydroxylation sites is 1. The number of amides is 4. The van der Waals surface area contributed by atoms with Gasteiger partial charge in [0.1, 0.15) is 11.9 Å². The van der Waals surface area contributed by atoms with Gasteiger partial charge in [0.25, 0.3) is 5.91 Å². The smallest absolute Gasteiger partial charge is 0.326 e. The molecule has 1 heterocycles.